The zero-order valence-electron chi connectivity index (χ0n) is 36.8. The van der Waals surface area contributed by atoms with E-state index < -0.39 is 32.5 Å². The maximum Gasteiger partial charge on any atom is 0.472 e. The molecule has 10 heteroatoms. The molecule has 0 aromatic rings. The first kappa shape index (κ1) is 55.2. The van der Waals surface area contributed by atoms with Crippen molar-refractivity contribution in [1.29, 1.82) is 0 Å². The first-order chi connectivity index (χ1) is 27.8. The van der Waals surface area contributed by atoms with E-state index in [0.717, 1.165) is 57.8 Å². The summed E-state index contributed by atoms with van der Waals surface area (Å²) in [5.74, 6) is -0.838. The van der Waals surface area contributed by atoms with Crippen molar-refractivity contribution in [3.63, 3.8) is 0 Å². The monoisotopic (exact) mass is 826 g/mol. The van der Waals surface area contributed by atoms with Crippen molar-refractivity contribution in [2.75, 3.05) is 26.4 Å². The molecule has 3 N–H and O–H groups in total. The van der Waals surface area contributed by atoms with Gasteiger partial charge in [0, 0.05) is 19.4 Å². The van der Waals surface area contributed by atoms with Crippen LogP contribution >= 0.6 is 7.82 Å². The molecule has 0 aliphatic carbocycles. The highest BCUT2D eigenvalue weighted by atomic mass is 31.2. The molecule has 0 amide bonds. The van der Waals surface area contributed by atoms with E-state index in [4.69, 9.17) is 24.3 Å². The zero-order valence-corrected chi connectivity index (χ0v) is 37.7. The summed E-state index contributed by atoms with van der Waals surface area (Å²) in [6.07, 6.45) is 49.6. The Bertz CT molecular complexity index is 1030. The largest absolute Gasteiger partial charge is 0.472 e. The van der Waals surface area contributed by atoms with Crippen molar-refractivity contribution in [2.24, 2.45) is 5.73 Å². The predicted octanol–water partition coefficient (Wildman–Crippen LogP) is 13.7. The number of nitrogens with two attached hydrogens (primary N) is 1. The van der Waals surface area contributed by atoms with Gasteiger partial charge in [-0.1, -0.05) is 192 Å². The third-order valence-corrected chi connectivity index (χ3v) is 11.0. The lowest BCUT2D eigenvalue weighted by Gasteiger charge is -2.19. The summed E-state index contributed by atoms with van der Waals surface area (Å²) in [4.78, 5) is 34.5. The molecule has 0 aliphatic rings. The molecule has 0 bridgehead atoms. The van der Waals surface area contributed by atoms with Crippen LogP contribution in [0.3, 0.4) is 0 Å². The number of allylic oxidation sites excluding steroid dienone is 6. The number of rotatable bonds is 44. The maximum absolute atomic E-state index is 12.5. The number of carbonyl (C=O) groups excluding carboxylic acids is 2. The van der Waals surface area contributed by atoms with Crippen molar-refractivity contribution in [3.05, 3.63) is 36.5 Å². The van der Waals surface area contributed by atoms with Crippen LogP contribution in [0.2, 0.25) is 0 Å². The van der Waals surface area contributed by atoms with E-state index in [2.05, 4.69) is 50.3 Å². The van der Waals surface area contributed by atoms with Gasteiger partial charge >= 0.3 is 19.8 Å². The summed E-state index contributed by atoms with van der Waals surface area (Å²) in [5, 5.41) is 0. The van der Waals surface area contributed by atoms with Crippen LogP contribution < -0.4 is 5.73 Å². The van der Waals surface area contributed by atoms with E-state index in [1.54, 1.807) is 0 Å². The van der Waals surface area contributed by atoms with Gasteiger partial charge in [0.25, 0.3) is 0 Å². The highest BCUT2D eigenvalue weighted by Crippen LogP contribution is 2.43. The molecule has 0 aliphatic heterocycles. The van der Waals surface area contributed by atoms with Crippen molar-refractivity contribution >= 4 is 19.8 Å². The summed E-state index contributed by atoms with van der Waals surface area (Å²) in [5.41, 5.74) is 5.33. The Kier molecular flexibility index (Phi) is 42.4. The van der Waals surface area contributed by atoms with Gasteiger partial charge in [0.15, 0.2) is 6.10 Å². The molecule has 0 saturated carbocycles. The quantitative estimate of drug-likeness (QED) is 0.0266. The van der Waals surface area contributed by atoms with E-state index in [1.807, 2.05) is 0 Å². The summed E-state index contributed by atoms with van der Waals surface area (Å²) in [7, 11) is -4.36. The van der Waals surface area contributed by atoms with Crippen LogP contribution in [0.1, 0.15) is 219 Å². The Balaban J connectivity index is 3.78. The van der Waals surface area contributed by atoms with Crippen LogP contribution in [-0.2, 0) is 32.7 Å². The minimum absolute atomic E-state index is 0.0544. The second-order valence-electron chi connectivity index (χ2n) is 15.6. The normalized spacial score (nSPS) is 13.5. The van der Waals surface area contributed by atoms with Gasteiger partial charge in [-0.25, -0.2) is 4.57 Å². The standard InChI is InChI=1S/C47H88NO8P/c1-3-5-7-9-10-11-12-13-14-15-16-17-18-19-20-21-22-23-24-25-26-27-28-29-30-31-32-33-34-36-38-40-47(50)56-45(44-55-57(51,52)54-42-41-48)43-53-46(49)39-37-35-8-6-4-2/h12-13,15-16,18-19,45H,3-11,14,17,20-44,48H2,1-2H3,(H,51,52)/b13-12-,16-15-,19-18-. The van der Waals surface area contributed by atoms with Crippen LogP contribution in [0.4, 0.5) is 0 Å². The SMILES string of the molecule is CCCCCCC/C=C\C/C=C\C/C=C\CCCCCCCCCCCCCCCCCCC(=O)OC(COC(=O)CCCCCCC)COP(=O)(O)OCCN. The molecule has 9 nitrogen and oxygen atoms in total. The third-order valence-electron chi connectivity index (χ3n) is 10.0. The molecule has 0 heterocycles. The van der Waals surface area contributed by atoms with Crippen molar-refractivity contribution in [2.45, 2.75) is 225 Å². The fourth-order valence-electron chi connectivity index (χ4n) is 6.52. The van der Waals surface area contributed by atoms with Crippen molar-refractivity contribution in [3.8, 4) is 0 Å². The fourth-order valence-corrected chi connectivity index (χ4v) is 7.29. The van der Waals surface area contributed by atoms with E-state index in [1.165, 1.54) is 128 Å². The topological polar surface area (TPSA) is 134 Å². The second-order valence-corrected chi connectivity index (χ2v) is 17.1. The molecule has 0 spiro atoms. The summed E-state index contributed by atoms with van der Waals surface area (Å²) < 4.78 is 32.5. The van der Waals surface area contributed by atoms with Crippen LogP contribution in [0.15, 0.2) is 36.5 Å². The molecule has 0 rings (SSSR count). The molecule has 2 unspecified atom stereocenters. The summed E-state index contributed by atoms with van der Waals surface area (Å²) in [6, 6.07) is 0. The molecular weight excluding hydrogens is 737 g/mol. The van der Waals surface area contributed by atoms with Crippen molar-refractivity contribution in [1.82, 2.24) is 0 Å². The van der Waals surface area contributed by atoms with Crippen molar-refractivity contribution < 1.29 is 37.6 Å². The van der Waals surface area contributed by atoms with E-state index in [-0.39, 0.29) is 32.6 Å². The number of phosphoric ester groups is 1. The molecule has 0 aromatic carbocycles. The minimum Gasteiger partial charge on any atom is -0.462 e. The Morgan fingerprint density at radius 3 is 1.35 bits per heavy atom. The van der Waals surface area contributed by atoms with Gasteiger partial charge in [0.05, 0.1) is 13.2 Å². The average molecular weight is 826 g/mol. The average Bonchev–Trinajstić information content (AvgIpc) is 3.20. The molecule has 0 fully saturated rings. The van der Waals surface area contributed by atoms with Crippen LogP contribution in [0.25, 0.3) is 0 Å². The van der Waals surface area contributed by atoms with Gasteiger partial charge in [0.2, 0.25) is 0 Å². The van der Waals surface area contributed by atoms with E-state index in [9.17, 15) is 19.0 Å². The van der Waals surface area contributed by atoms with Crippen LogP contribution in [0.5, 0.6) is 0 Å². The molecule has 57 heavy (non-hydrogen) atoms. The molecule has 334 valence electrons. The molecule has 0 saturated heterocycles. The van der Waals surface area contributed by atoms with Gasteiger partial charge in [-0.05, 0) is 51.4 Å². The van der Waals surface area contributed by atoms with Gasteiger partial charge in [-0.2, -0.15) is 0 Å². The number of unbranched alkanes of at least 4 members (excludes halogenated alkanes) is 25. The number of ether oxygens (including phenoxy) is 2. The predicted molar refractivity (Wildman–Crippen MR) is 238 cm³/mol. The number of phosphoric acid groups is 1. The van der Waals surface area contributed by atoms with Gasteiger partial charge < -0.3 is 20.1 Å². The molecular formula is C47H88NO8P. The number of hydrogen-bond donors (Lipinski definition) is 2. The first-order valence-electron chi connectivity index (χ1n) is 23.5. The van der Waals surface area contributed by atoms with Crippen LogP contribution in [0, 0.1) is 0 Å². The lowest BCUT2D eigenvalue weighted by atomic mass is 10.0. The minimum atomic E-state index is -4.36. The molecule has 2 atom stereocenters. The number of carbonyl (C=O) groups is 2. The highest BCUT2D eigenvalue weighted by molar-refractivity contribution is 7.47. The Hall–Kier alpha value is -1.77. The molecule has 0 radical (unpaired) electrons. The zero-order chi connectivity index (χ0) is 41.8. The Morgan fingerprint density at radius 2 is 0.912 bits per heavy atom. The highest BCUT2D eigenvalue weighted by Gasteiger charge is 2.26. The molecule has 0 aromatic heterocycles. The maximum atomic E-state index is 12.5. The van der Waals surface area contributed by atoms with Crippen LogP contribution in [-0.4, -0.2) is 49.3 Å². The Morgan fingerprint density at radius 1 is 0.526 bits per heavy atom. The van der Waals surface area contributed by atoms with E-state index >= 15 is 0 Å². The first-order valence-corrected chi connectivity index (χ1v) is 25.0. The lowest BCUT2D eigenvalue weighted by molar-refractivity contribution is -0.161. The Labute approximate surface area is 350 Å². The summed E-state index contributed by atoms with van der Waals surface area (Å²) in [6.45, 7) is 3.63. The third kappa shape index (κ3) is 43.6. The van der Waals surface area contributed by atoms with Gasteiger partial charge in [0.1, 0.15) is 6.61 Å². The fraction of sp³-hybridized carbons (Fsp3) is 0.830. The van der Waals surface area contributed by atoms with E-state index in [0.29, 0.717) is 6.42 Å². The van der Waals surface area contributed by atoms with Gasteiger partial charge in [-0.3, -0.25) is 18.6 Å². The second kappa shape index (κ2) is 43.8. The number of esters is 2. The van der Waals surface area contributed by atoms with Gasteiger partial charge in [-0.15, -0.1) is 0 Å². The lowest BCUT2D eigenvalue weighted by Crippen LogP contribution is -2.29. The smallest absolute Gasteiger partial charge is 0.462 e. The summed E-state index contributed by atoms with van der Waals surface area (Å²) >= 11 is 0. The number of hydrogen-bond acceptors (Lipinski definition) is 8.